The number of amides is 1. The summed E-state index contributed by atoms with van der Waals surface area (Å²) in [5.74, 6) is 0.214. The van der Waals surface area contributed by atoms with Crippen LogP contribution in [0, 0.1) is 0 Å². The highest BCUT2D eigenvalue weighted by Gasteiger charge is 2.20. The molecule has 0 spiro atoms. The molecule has 118 valence electrons. The molecule has 0 aromatic carbocycles. The number of rotatable bonds is 4. The van der Waals surface area contributed by atoms with Crippen LogP contribution in [0.4, 0.5) is 0 Å². The fraction of sp³-hybridized carbons (Fsp3) is 0.533. The Morgan fingerprint density at radius 2 is 2.18 bits per heavy atom. The topological polar surface area (TPSA) is 74.8 Å². The van der Waals surface area contributed by atoms with Crippen molar-refractivity contribution in [2.24, 2.45) is 0 Å². The van der Waals surface area contributed by atoms with Crippen LogP contribution in [0.25, 0.3) is 10.2 Å². The van der Waals surface area contributed by atoms with Gasteiger partial charge < -0.3 is 10.3 Å². The van der Waals surface area contributed by atoms with Gasteiger partial charge in [-0.1, -0.05) is 11.8 Å². The van der Waals surface area contributed by atoms with Gasteiger partial charge in [0, 0.05) is 10.9 Å². The lowest BCUT2D eigenvalue weighted by Crippen LogP contribution is -2.31. The summed E-state index contributed by atoms with van der Waals surface area (Å²) in [4.78, 5) is 33.5. The SMILES string of the molecule is CC(C)NC(=O)CSc1nc2sc3c(c2c(=O)[nH]1)CCCC3. The summed E-state index contributed by atoms with van der Waals surface area (Å²) in [6.45, 7) is 3.84. The average molecular weight is 337 g/mol. The van der Waals surface area contributed by atoms with Crippen molar-refractivity contribution in [1.29, 1.82) is 0 Å². The second-order valence-corrected chi connectivity index (χ2v) is 7.82. The van der Waals surface area contributed by atoms with Crippen molar-refractivity contribution in [1.82, 2.24) is 15.3 Å². The zero-order chi connectivity index (χ0) is 15.7. The number of thiophene rings is 1. The quantitative estimate of drug-likeness (QED) is 0.664. The van der Waals surface area contributed by atoms with E-state index in [0.29, 0.717) is 5.16 Å². The van der Waals surface area contributed by atoms with Crippen molar-refractivity contribution >= 4 is 39.2 Å². The zero-order valence-corrected chi connectivity index (χ0v) is 14.3. The van der Waals surface area contributed by atoms with Gasteiger partial charge >= 0.3 is 0 Å². The maximum Gasteiger partial charge on any atom is 0.260 e. The summed E-state index contributed by atoms with van der Waals surface area (Å²) in [5, 5.41) is 4.11. The maximum atomic E-state index is 12.4. The predicted molar refractivity (Wildman–Crippen MR) is 90.9 cm³/mol. The van der Waals surface area contributed by atoms with Gasteiger partial charge in [-0.3, -0.25) is 9.59 Å². The Morgan fingerprint density at radius 3 is 2.95 bits per heavy atom. The molecule has 1 aliphatic rings. The molecule has 5 nitrogen and oxygen atoms in total. The molecule has 0 atom stereocenters. The third kappa shape index (κ3) is 3.20. The van der Waals surface area contributed by atoms with E-state index >= 15 is 0 Å². The molecule has 2 N–H and O–H groups in total. The van der Waals surface area contributed by atoms with Crippen LogP contribution in [0.5, 0.6) is 0 Å². The number of aromatic amines is 1. The summed E-state index contributed by atoms with van der Waals surface area (Å²) in [5.41, 5.74) is 1.12. The van der Waals surface area contributed by atoms with Crippen molar-refractivity contribution in [2.75, 3.05) is 5.75 Å². The number of nitrogens with one attached hydrogen (secondary N) is 2. The summed E-state index contributed by atoms with van der Waals surface area (Å²) in [6.07, 6.45) is 4.36. The molecule has 0 radical (unpaired) electrons. The number of thioether (sulfide) groups is 1. The highest BCUT2D eigenvalue weighted by molar-refractivity contribution is 7.99. The van der Waals surface area contributed by atoms with Gasteiger partial charge in [0.05, 0.1) is 11.1 Å². The zero-order valence-electron chi connectivity index (χ0n) is 12.7. The van der Waals surface area contributed by atoms with E-state index < -0.39 is 0 Å². The van der Waals surface area contributed by atoms with E-state index in [0.717, 1.165) is 29.5 Å². The monoisotopic (exact) mass is 337 g/mol. The van der Waals surface area contributed by atoms with E-state index in [1.165, 1.54) is 28.6 Å². The number of H-pyrrole nitrogens is 1. The highest BCUT2D eigenvalue weighted by atomic mass is 32.2. The van der Waals surface area contributed by atoms with Crippen molar-refractivity contribution in [3.63, 3.8) is 0 Å². The molecule has 22 heavy (non-hydrogen) atoms. The van der Waals surface area contributed by atoms with Crippen molar-refractivity contribution in [3.8, 4) is 0 Å². The molecule has 0 saturated carbocycles. The van der Waals surface area contributed by atoms with Gasteiger partial charge in [0.2, 0.25) is 5.91 Å². The van der Waals surface area contributed by atoms with Gasteiger partial charge in [-0.05, 0) is 45.1 Å². The number of aromatic nitrogens is 2. The number of hydrogen-bond donors (Lipinski definition) is 2. The summed E-state index contributed by atoms with van der Waals surface area (Å²) in [7, 11) is 0. The van der Waals surface area contributed by atoms with Crippen molar-refractivity contribution < 1.29 is 4.79 Å². The highest BCUT2D eigenvalue weighted by Crippen LogP contribution is 2.34. The molecule has 2 aromatic heterocycles. The van der Waals surface area contributed by atoms with E-state index in [2.05, 4.69) is 15.3 Å². The second kappa shape index (κ2) is 6.42. The molecule has 0 unspecified atom stereocenters. The summed E-state index contributed by atoms with van der Waals surface area (Å²) >= 11 is 2.90. The molecule has 0 bridgehead atoms. The fourth-order valence-corrected chi connectivity index (χ4v) is 4.70. The minimum atomic E-state index is -0.0730. The molecule has 1 amide bonds. The maximum absolute atomic E-state index is 12.4. The van der Waals surface area contributed by atoms with Crippen LogP contribution in [0.15, 0.2) is 9.95 Å². The Morgan fingerprint density at radius 1 is 1.41 bits per heavy atom. The van der Waals surface area contributed by atoms with Gasteiger partial charge in [-0.15, -0.1) is 11.3 Å². The first-order chi connectivity index (χ1) is 10.5. The lowest BCUT2D eigenvalue weighted by molar-refractivity contribution is -0.119. The predicted octanol–water partition coefficient (Wildman–Crippen LogP) is 2.48. The van der Waals surface area contributed by atoms with E-state index in [1.54, 1.807) is 11.3 Å². The number of carbonyl (C=O) groups excluding carboxylic acids is 1. The second-order valence-electron chi connectivity index (χ2n) is 5.77. The van der Waals surface area contributed by atoms with Gasteiger partial charge in [0.25, 0.3) is 5.56 Å². The molecule has 0 saturated heterocycles. The Hall–Kier alpha value is -1.34. The number of aryl methyl sites for hydroxylation is 2. The Kier molecular flexibility index (Phi) is 4.54. The van der Waals surface area contributed by atoms with Crippen LogP contribution in [0.3, 0.4) is 0 Å². The third-order valence-corrected chi connectivity index (χ3v) is 5.65. The lowest BCUT2D eigenvalue weighted by Gasteiger charge is -2.09. The Labute approximate surface area is 136 Å². The van der Waals surface area contributed by atoms with Crippen molar-refractivity contribution in [3.05, 3.63) is 20.8 Å². The molecule has 0 fully saturated rings. The molecular formula is C15H19N3O2S2. The van der Waals surface area contributed by atoms with Gasteiger partial charge in [0.15, 0.2) is 5.16 Å². The number of fused-ring (bicyclic) bond motifs is 3. The molecule has 3 rings (SSSR count). The third-order valence-electron chi connectivity index (χ3n) is 3.59. The summed E-state index contributed by atoms with van der Waals surface area (Å²) in [6, 6.07) is 0.117. The van der Waals surface area contributed by atoms with E-state index in [1.807, 2.05) is 13.8 Å². The van der Waals surface area contributed by atoms with Crippen LogP contribution in [0.2, 0.25) is 0 Å². The van der Waals surface area contributed by atoms with Crippen LogP contribution in [-0.2, 0) is 17.6 Å². The first-order valence-corrected chi connectivity index (χ1v) is 9.31. The number of hydrogen-bond acceptors (Lipinski definition) is 5. The lowest BCUT2D eigenvalue weighted by atomic mass is 9.97. The number of carbonyl (C=O) groups is 1. The first-order valence-electron chi connectivity index (χ1n) is 7.51. The molecule has 0 aliphatic heterocycles. The van der Waals surface area contributed by atoms with E-state index in [-0.39, 0.29) is 23.3 Å². The van der Waals surface area contributed by atoms with Gasteiger partial charge in [0.1, 0.15) is 4.83 Å². The van der Waals surface area contributed by atoms with Crippen LogP contribution < -0.4 is 10.9 Å². The smallest absolute Gasteiger partial charge is 0.260 e. The molecular weight excluding hydrogens is 318 g/mol. The molecule has 7 heteroatoms. The van der Waals surface area contributed by atoms with Crippen molar-refractivity contribution in [2.45, 2.75) is 50.7 Å². The van der Waals surface area contributed by atoms with Crippen LogP contribution in [-0.4, -0.2) is 27.7 Å². The summed E-state index contributed by atoms with van der Waals surface area (Å²) < 4.78 is 0. The van der Waals surface area contributed by atoms with Gasteiger partial charge in [-0.2, -0.15) is 0 Å². The minimum absolute atomic E-state index is 0.0479. The van der Waals surface area contributed by atoms with Gasteiger partial charge in [-0.25, -0.2) is 4.98 Å². The van der Waals surface area contributed by atoms with Crippen LogP contribution in [0.1, 0.15) is 37.1 Å². The molecule has 2 heterocycles. The largest absolute Gasteiger partial charge is 0.353 e. The average Bonchev–Trinajstić information content (AvgIpc) is 2.83. The normalized spacial score (nSPS) is 14.3. The molecule has 1 aliphatic carbocycles. The van der Waals surface area contributed by atoms with Crippen LogP contribution >= 0.6 is 23.1 Å². The Balaban J connectivity index is 1.84. The standard InChI is InChI=1S/C15H19N3O2S2/c1-8(2)16-11(19)7-21-15-17-13(20)12-9-5-3-4-6-10(9)22-14(12)18-15/h8H,3-7H2,1-2H3,(H,16,19)(H,17,18,20). The van der Waals surface area contributed by atoms with E-state index in [9.17, 15) is 9.59 Å². The number of nitrogens with zero attached hydrogens (tertiary/aromatic N) is 1. The van der Waals surface area contributed by atoms with E-state index in [4.69, 9.17) is 0 Å². The fourth-order valence-electron chi connectivity index (χ4n) is 2.71. The Bertz CT molecular complexity index is 764. The first kappa shape index (κ1) is 15.6. The minimum Gasteiger partial charge on any atom is -0.353 e. The molecule has 2 aromatic rings.